The van der Waals surface area contributed by atoms with Gasteiger partial charge in [0.05, 0.1) is 0 Å². The molecule has 338 valence electrons. The Morgan fingerprint density at radius 1 is 0.391 bits per heavy atom. The third-order valence-electron chi connectivity index (χ3n) is 9.73. The topological polar surface area (TPSA) is 34.1 Å². The molecule has 6 aromatic rings. The zero-order valence-electron chi connectivity index (χ0n) is 31.3. The molecule has 0 aromatic heterocycles. The van der Waals surface area contributed by atoms with Crippen molar-refractivity contribution in [2.75, 3.05) is 12.0 Å². The monoisotopic (exact) mass is 952 g/mol. The van der Waals surface area contributed by atoms with Crippen molar-refractivity contribution in [1.82, 2.24) is 0 Å². The molecule has 6 aromatic carbocycles. The van der Waals surface area contributed by atoms with E-state index < -0.39 is 154 Å². The number of Topliss-reactive ketones (excluding diaryl/α,β-unsaturated/α-hetero) is 1. The van der Waals surface area contributed by atoms with Crippen LogP contribution in [-0.4, -0.2) is 23.9 Å². The molecule has 0 saturated heterocycles. The number of hydrogen-bond acceptors (Lipinski definition) is 2. The van der Waals surface area contributed by atoms with E-state index in [-0.39, 0.29) is 11.5 Å². The fraction of sp³-hybridized carbons (Fsp3) is 0.0750. The second kappa shape index (κ2) is 17.8. The number of rotatable bonds is 8. The van der Waals surface area contributed by atoms with Crippen molar-refractivity contribution in [2.24, 2.45) is 0 Å². The van der Waals surface area contributed by atoms with Gasteiger partial charge in [-0.1, -0.05) is 52.2 Å². The molecule has 24 heteroatoms. The Morgan fingerprint density at radius 2 is 0.625 bits per heavy atom. The summed E-state index contributed by atoms with van der Waals surface area (Å²) in [7, 11) is -2.32. The van der Waals surface area contributed by atoms with Crippen molar-refractivity contribution < 1.29 is 96.8 Å². The predicted octanol–water partition coefficient (Wildman–Crippen LogP) is 9.21. The molecule has 0 heterocycles. The van der Waals surface area contributed by atoms with Crippen LogP contribution in [0, 0.1) is 123 Å². The Balaban J connectivity index is 0.000000337. The quantitative estimate of drug-likeness (QED) is 0.0381. The van der Waals surface area contributed by atoms with Gasteiger partial charge in [0.15, 0.2) is 80.5 Å². The van der Waals surface area contributed by atoms with Crippen LogP contribution >= 0.6 is 0 Å². The van der Waals surface area contributed by atoms with Gasteiger partial charge in [0.1, 0.15) is 68.9 Å². The molecular formula is C40H17BF20O2S. The van der Waals surface area contributed by atoms with Gasteiger partial charge in [0.25, 0.3) is 0 Å². The molecule has 0 aliphatic heterocycles. The van der Waals surface area contributed by atoms with Crippen molar-refractivity contribution in [3.8, 4) is 0 Å². The molecule has 0 aliphatic rings. The average Bonchev–Trinajstić information content (AvgIpc) is 3.26. The van der Waals surface area contributed by atoms with Gasteiger partial charge in [0, 0.05) is 5.56 Å². The largest absolute Gasteiger partial charge is 0.289 e. The molecule has 0 spiro atoms. The first-order valence-corrected chi connectivity index (χ1v) is 19.2. The second-order valence-electron chi connectivity index (χ2n) is 13.6. The fourth-order valence-electron chi connectivity index (χ4n) is 6.74. The van der Waals surface area contributed by atoms with Crippen LogP contribution in [0.15, 0.2) is 59.5 Å². The van der Waals surface area contributed by atoms with Gasteiger partial charge in [-0.15, -0.1) is 21.9 Å². The van der Waals surface area contributed by atoms with E-state index >= 15 is 35.1 Å². The molecule has 0 N–H and O–H groups in total. The van der Waals surface area contributed by atoms with Crippen LogP contribution in [-0.2, 0) is 14.1 Å². The minimum Gasteiger partial charge on any atom is -0.289 e. The molecular weight excluding hydrogens is 935 g/mol. The lowest BCUT2D eigenvalue weighted by molar-refractivity contribution is 0.102. The fourth-order valence-corrected chi connectivity index (χ4v) is 8.31. The van der Waals surface area contributed by atoms with E-state index in [9.17, 15) is 61.7 Å². The Labute approximate surface area is 346 Å². The first-order chi connectivity index (χ1) is 29.7. The van der Waals surface area contributed by atoms with E-state index in [1.54, 1.807) is 18.4 Å². The molecule has 0 saturated carbocycles. The number of hydrogen-bond donors (Lipinski definition) is 0. The molecule has 0 amide bonds. The number of aryl methyl sites for hydroxylation is 1. The third-order valence-corrected chi connectivity index (χ3v) is 11.8. The third kappa shape index (κ3) is 7.78. The van der Waals surface area contributed by atoms with Gasteiger partial charge >= 0.3 is 0 Å². The lowest BCUT2D eigenvalue weighted by Gasteiger charge is -2.44. The molecule has 0 aliphatic carbocycles. The van der Waals surface area contributed by atoms with E-state index in [4.69, 9.17) is 0 Å². The van der Waals surface area contributed by atoms with Crippen LogP contribution < -0.4 is 21.9 Å². The number of benzene rings is 6. The lowest BCUT2D eigenvalue weighted by Crippen LogP contribution is -2.81. The average molecular weight is 952 g/mol. The first-order valence-electron chi connectivity index (χ1n) is 17.0. The van der Waals surface area contributed by atoms with Crippen LogP contribution in [0.4, 0.5) is 87.8 Å². The summed E-state index contributed by atoms with van der Waals surface area (Å²) in [5.41, 5.74) is -12.6. The zero-order chi connectivity index (χ0) is 48.2. The molecule has 0 bridgehead atoms. The summed E-state index contributed by atoms with van der Waals surface area (Å²) in [5, 5.41) is 0. The normalized spacial score (nSPS) is 12.5. The van der Waals surface area contributed by atoms with E-state index in [1.165, 1.54) is 0 Å². The van der Waals surface area contributed by atoms with Crippen LogP contribution in [0.25, 0.3) is 0 Å². The zero-order valence-corrected chi connectivity index (χ0v) is 32.1. The molecule has 6 rings (SSSR count). The van der Waals surface area contributed by atoms with Crippen LogP contribution in [0.3, 0.4) is 0 Å². The number of carbonyl (C=O) groups excluding carboxylic acids is 1. The highest BCUT2D eigenvalue weighted by molar-refractivity contribution is 8.03. The summed E-state index contributed by atoms with van der Waals surface area (Å²) < 4.78 is 307. The molecule has 2 nitrogen and oxygen atoms in total. The van der Waals surface area contributed by atoms with Crippen LogP contribution in [0.5, 0.6) is 0 Å². The maximum atomic E-state index is 15.4. The highest BCUT2D eigenvalue weighted by Gasteiger charge is 2.52. The maximum absolute atomic E-state index is 15.4. The van der Waals surface area contributed by atoms with Crippen molar-refractivity contribution in [3.05, 3.63) is 182 Å². The van der Waals surface area contributed by atoms with Gasteiger partial charge in [-0.2, -0.15) is 0 Å². The summed E-state index contributed by atoms with van der Waals surface area (Å²) in [4.78, 5) is 12.9. The lowest BCUT2D eigenvalue weighted by atomic mass is 9.12. The predicted molar refractivity (Wildman–Crippen MR) is 188 cm³/mol. The second-order valence-corrected chi connectivity index (χ2v) is 16.3. The van der Waals surface area contributed by atoms with Crippen LogP contribution in [0.1, 0.15) is 15.9 Å². The van der Waals surface area contributed by atoms with E-state index in [2.05, 4.69) is 0 Å². The van der Waals surface area contributed by atoms with Crippen LogP contribution in [0.2, 0.25) is 0 Å². The minimum absolute atomic E-state index is 0.0556. The highest BCUT2D eigenvalue weighted by atomic mass is 32.2. The van der Waals surface area contributed by atoms with Gasteiger partial charge in [0.2, 0.25) is 5.78 Å². The van der Waals surface area contributed by atoms with Crippen molar-refractivity contribution in [2.45, 2.75) is 11.8 Å². The number of carbonyl (C=O) groups is 1. The van der Waals surface area contributed by atoms with Crippen molar-refractivity contribution in [1.29, 1.82) is 0 Å². The minimum atomic E-state index is -7.22. The molecule has 1 atom stereocenters. The molecule has 0 fully saturated rings. The maximum Gasteiger partial charge on any atom is 0.212 e. The van der Waals surface area contributed by atoms with E-state index in [0.717, 1.165) is 10.5 Å². The van der Waals surface area contributed by atoms with Crippen molar-refractivity contribution in [3.63, 3.8) is 0 Å². The molecule has 0 radical (unpaired) electrons. The molecule has 64 heavy (non-hydrogen) atoms. The Bertz CT molecular complexity index is 2550. The van der Waals surface area contributed by atoms with Gasteiger partial charge < -0.3 is 0 Å². The standard InChI is InChI=1S/C24BF20.C16H17O2S/c26-5-1(6(27)14(35)21(42)13(5)34)25(2-7(28)15(36)22(43)16(37)8(2)29,3-9(30)17(38)23(44)18(39)10(3)31)4-11(32)19(40)24(45)20(41)12(4)33;1-13-8-10-14(11-9-13)16(17)12-19(2,18)15-6-4-3-5-7-15/h;3-11H,12H2,1-2H3/q-1;+1. The van der Waals surface area contributed by atoms with E-state index in [1.807, 2.05) is 49.4 Å². The Kier molecular flexibility index (Phi) is 13.5. The van der Waals surface area contributed by atoms with Gasteiger partial charge in [-0.3, -0.25) is 4.79 Å². The number of ketones is 1. The van der Waals surface area contributed by atoms with Gasteiger partial charge in [-0.25, -0.2) is 87.8 Å². The van der Waals surface area contributed by atoms with E-state index in [0.29, 0.717) is 5.56 Å². The summed E-state index contributed by atoms with van der Waals surface area (Å²) in [6.07, 6.45) is -5.57. The Hall–Kier alpha value is -6.20. The smallest absolute Gasteiger partial charge is 0.212 e. The summed E-state index contributed by atoms with van der Waals surface area (Å²) in [6.45, 7) is 1.97. The first kappa shape index (κ1) is 48.8. The number of halogens is 20. The summed E-state index contributed by atoms with van der Waals surface area (Å²) in [5.74, 6) is -71.4. The molecule has 1 unspecified atom stereocenters. The Morgan fingerprint density at radius 3 is 0.875 bits per heavy atom. The van der Waals surface area contributed by atoms with Gasteiger partial charge in [-0.05, 0) is 19.1 Å². The summed E-state index contributed by atoms with van der Waals surface area (Å²) >= 11 is 0. The SMILES string of the molecule is Cc1ccc(C(=O)C[S+](C)(=O)c2ccccc2)cc1.Fc1c(F)c(F)c([B-](c2c(F)c(F)c(F)c(F)c2F)(c2c(F)c(F)c(F)c(F)c2F)c2c(F)c(F)c(F)c(F)c2F)c(F)c1F. The summed E-state index contributed by atoms with van der Waals surface area (Å²) in [6, 6.07) is 16.6. The highest BCUT2D eigenvalue weighted by Crippen LogP contribution is 2.31. The van der Waals surface area contributed by atoms with Crippen molar-refractivity contribution >= 4 is 43.7 Å².